The molecule has 0 radical (unpaired) electrons. The number of esters is 1. The number of methoxy groups -OCH3 is 1. The number of aromatic amines is 1. The number of aliphatic hydroxyl groups excluding tert-OH is 1. The number of carbonyl (C=O) groups is 1. The third-order valence-electron chi connectivity index (χ3n) is 3.39. The van der Waals surface area contributed by atoms with E-state index >= 15 is 0 Å². The Morgan fingerprint density at radius 3 is 3.00 bits per heavy atom. The van der Waals surface area contributed by atoms with Gasteiger partial charge in [-0.2, -0.15) is 16.9 Å². The van der Waals surface area contributed by atoms with Crippen molar-refractivity contribution in [1.82, 2.24) is 14.8 Å². The van der Waals surface area contributed by atoms with Crippen LogP contribution in [0.3, 0.4) is 0 Å². The van der Waals surface area contributed by atoms with Crippen LogP contribution in [0, 0.1) is 0 Å². The molecule has 0 aromatic rings. The molecule has 20 heavy (non-hydrogen) atoms. The first-order chi connectivity index (χ1) is 9.61. The fourth-order valence-corrected chi connectivity index (χ4v) is 3.56. The van der Waals surface area contributed by atoms with Crippen LogP contribution < -0.4 is 5.56 Å². The van der Waals surface area contributed by atoms with Gasteiger partial charge < -0.3 is 14.4 Å². The normalized spacial score (nSPS) is 22.3. The van der Waals surface area contributed by atoms with Crippen molar-refractivity contribution in [3.63, 3.8) is 0 Å². The van der Waals surface area contributed by atoms with Gasteiger partial charge in [0.2, 0.25) is 0 Å². The summed E-state index contributed by atoms with van der Waals surface area (Å²) in [6.07, 6.45) is 2.69. The molecule has 3 aliphatic rings. The lowest BCUT2D eigenvalue weighted by atomic mass is 10.1. The van der Waals surface area contributed by atoms with Crippen molar-refractivity contribution >= 4 is 17.7 Å². The molecule has 1 saturated heterocycles. The molecule has 0 unspecified atom stereocenters. The van der Waals surface area contributed by atoms with Crippen LogP contribution in [0.25, 0.3) is 11.3 Å². The Morgan fingerprint density at radius 2 is 2.35 bits per heavy atom. The molecule has 0 saturated carbocycles. The van der Waals surface area contributed by atoms with E-state index in [1.807, 2.05) is 0 Å². The zero-order valence-electron chi connectivity index (χ0n) is 10.7. The Bertz CT molecular complexity index is 680. The van der Waals surface area contributed by atoms with Crippen molar-refractivity contribution < 1.29 is 14.6 Å². The van der Waals surface area contributed by atoms with E-state index in [2.05, 4.69) is 10.2 Å². The molecule has 7 nitrogen and oxygen atoms in total. The maximum atomic E-state index is 11.8. The summed E-state index contributed by atoms with van der Waals surface area (Å²) in [5, 5.41) is 16.1. The number of fused-ring (bicyclic) bond motifs is 1. The number of H-pyrrole nitrogens is 1. The van der Waals surface area contributed by atoms with Crippen LogP contribution in [0.15, 0.2) is 17.2 Å². The molecule has 1 fully saturated rings. The molecule has 0 aliphatic carbocycles. The van der Waals surface area contributed by atoms with Crippen molar-refractivity contribution in [3.05, 3.63) is 28.3 Å². The number of thioether (sulfide) groups is 1. The first-order valence-corrected chi connectivity index (χ1v) is 7.21. The smallest absolute Gasteiger partial charge is 0.341 e. The van der Waals surface area contributed by atoms with Crippen LogP contribution in [0.2, 0.25) is 0 Å². The Hall–Kier alpha value is -1.80. The van der Waals surface area contributed by atoms with Gasteiger partial charge in [-0.05, 0) is 0 Å². The summed E-state index contributed by atoms with van der Waals surface area (Å²) < 4.78 is 6.43. The number of hydrogen-bond acceptors (Lipinski definition) is 6. The van der Waals surface area contributed by atoms with E-state index in [-0.39, 0.29) is 17.2 Å². The minimum absolute atomic E-state index is 0.165. The van der Waals surface area contributed by atoms with E-state index in [4.69, 9.17) is 4.74 Å². The van der Waals surface area contributed by atoms with Gasteiger partial charge in [0.05, 0.1) is 24.8 Å². The van der Waals surface area contributed by atoms with E-state index in [9.17, 15) is 14.7 Å². The molecule has 0 bridgehead atoms. The Morgan fingerprint density at radius 1 is 1.55 bits per heavy atom. The minimum Gasteiger partial charge on any atom is -0.465 e. The lowest BCUT2D eigenvalue weighted by molar-refractivity contribution is 0.0599. The van der Waals surface area contributed by atoms with Gasteiger partial charge in [0, 0.05) is 23.9 Å². The van der Waals surface area contributed by atoms with E-state index in [0.717, 1.165) is 5.75 Å². The van der Waals surface area contributed by atoms with Crippen molar-refractivity contribution in [2.75, 3.05) is 18.6 Å². The maximum absolute atomic E-state index is 11.8. The molecule has 0 aromatic carbocycles. The van der Waals surface area contributed by atoms with E-state index in [1.165, 1.54) is 7.11 Å². The SMILES string of the molecule is COC(=O)c1cn([C@@H]2CSC[C@H]2O)cc2c(=O)[nH]nc1-2. The average Bonchev–Trinajstić information content (AvgIpc) is 3.04. The van der Waals surface area contributed by atoms with Crippen LogP contribution in [0.4, 0.5) is 0 Å². The van der Waals surface area contributed by atoms with Gasteiger partial charge in [-0.1, -0.05) is 0 Å². The molecule has 3 rings (SSSR count). The standard InChI is InChI=1S/C12H13N3O4S/c1-19-12(18)7-3-15(8-4-20-5-9(8)16)2-6-10(7)13-14-11(6)17/h2-3,8-9,16H,4-5H2,1H3,(H,14,17)/t8-,9-/m1/s1. The lowest BCUT2D eigenvalue weighted by Gasteiger charge is -2.20. The van der Waals surface area contributed by atoms with Gasteiger partial charge in [-0.15, -0.1) is 0 Å². The highest BCUT2D eigenvalue weighted by atomic mass is 32.2. The molecule has 0 amide bonds. The van der Waals surface area contributed by atoms with Gasteiger partial charge in [0.15, 0.2) is 0 Å². The largest absolute Gasteiger partial charge is 0.465 e. The first-order valence-electron chi connectivity index (χ1n) is 6.06. The number of nitrogens with zero attached hydrogens (tertiary/aromatic N) is 2. The lowest BCUT2D eigenvalue weighted by Crippen LogP contribution is -2.24. The fourth-order valence-electron chi connectivity index (χ4n) is 2.32. The molecule has 3 aliphatic heterocycles. The van der Waals surface area contributed by atoms with E-state index < -0.39 is 12.1 Å². The van der Waals surface area contributed by atoms with Crippen LogP contribution in [0.1, 0.15) is 16.4 Å². The number of carbonyl (C=O) groups excluding carboxylic acids is 1. The predicted octanol–water partition coefficient (Wildman–Crippen LogP) is 0.112. The summed E-state index contributed by atoms with van der Waals surface area (Å²) >= 11 is 1.63. The second-order valence-corrected chi connectivity index (χ2v) is 5.67. The molecule has 8 heteroatoms. The average molecular weight is 295 g/mol. The van der Waals surface area contributed by atoms with Gasteiger partial charge >= 0.3 is 5.97 Å². The number of aliphatic hydroxyl groups is 1. The van der Waals surface area contributed by atoms with Gasteiger partial charge in [-0.25, -0.2) is 9.89 Å². The van der Waals surface area contributed by atoms with Gasteiger partial charge in [0.25, 0.3) is 5.56 Å². The molecule has 0 aromatic heterocycles. The highest BCUT2D eigenvalue weighted by molar-refractivity contribution is 7.99. The molecular weight excluding hydrogens is 282 g/mol. The zero-order valence-corrected chi connectivity index (χ0v) is 11.5. The van der Waals surface area contributed by atoms with Crippen LogP contribution in [0.5, 0.6) is 0 Å². The molecule has 3 heterocycles. The monoisotopic (exact) mass is 295 g/mol. The summed E-state index contributed by atoms with van der Waals surface area (Å²) in [6, 6.07) is -0.165. The summed E-state index contributed by atoms with van der Waals surface area (Å²) in [5.74, 6) is 0.805. The quantitative estimate of drug-likeness (QED) is 0.763. The van der Waals surface area contributed by atoms with Gasteiger partial charge in [-0.3, -0.25) is 4.79 Å². The predicted molar refractivity (Wildman–Crippen MR) is 73.2 cm³/mol. The van der Waals surface area contributed by atoms with Crippen molar-refractivity contribution in [2.24, 2.45) is 0 Å². The number of aromatic nitrogens is 3. The number of hydrogen-bond donors (Lipinski definition) is 2. The number of ether oxygens (including phenoxy) is 1. The van der Waals surface area contributed by atoms with Crippen molar-refractivity contribution in [3.8, 4) is 11.3 Å². The third-order valence-corrected chi connectivity index (χ3v) is 4.54. The zero-order chi connectivity index (χ0) is 14.3. The molecule has 2 atom stereocenters. The molecule has 0 spiro atoms. The maximum Gasteiger partial charge on any atom is 0.341 e. The molecular formula is C12H13N3O4S. The van der Waals surface area contributed by atoms with E-state index in [0.29, 0.717) is 17.0 Å². The molecule has 2 N–H and O–H groups in total. The highest BCUT2D eigenvalue weighted by Gasteiger charge is 2.30. The Balaban J connectivity index is 2.18. The number of pyridine rings is 1. The minimum atomic E-state index is -0.559. The van der Waals surface area contributed by atoms with Crippen LogP contribution in [-0.2, 0) is 4.74 Å². The second-order valence-electron chi connectivity index (χ2n) is 4.60. The summed E-state index contributed by atoms with van der Waals surface area (Å²) in [4.78, 5) is 23.6. The van der Waals surface area contributed by atoms with E-state index in [1.54, 1.807) is 28.7 Å². The topological polar surface area (TPSA) is 97.2 Å². The third kappa shape index (κ3) is 2.01. The Labute approximate surface area is 118 Å². The van der Waals surface area contributed by atoms with Crippen molar-refractivity contribution in [1.29, 1.82) is 0 Å². The van der Waals surface area contributed by atoms with Crippen LogP contribution in [-0.4, -0.2) is 50.6 Å². The van der Waals surface area contributed by atoms with Crippen molar-refractivity contribution in [2.45, 2.75) is 12.1 Å². The fraction of sp³-hybridized carbons (Fsp3) is 0.417. The number of nitrogens with one attached hydrogen (secondary N) is 1. The van der Waals surface area contributed by atoms with Gasteiger partial charge in [0.1, 0.15) is 11.3 Å². The second kappa shape index (κ2) is 4.95. The summed E-state index contributed by atoms with van der Waals surface area (Å²) in [5.41, 5.74) is 0.460. The first kappa shape index (κ1) is 13.2. The summed E-state index contributed by atoms with van der Waals surface area (Å²) in [6.45, 7) is 0. The molecule has 106 valence electrons. The highest BCUT2D eigenvalue weighted by Crippen LogP contribution is 2.31. The Kier molecular flexibility index (Phi) is 3.27. The number of rotatable bonds is 2. The summed E-state index contributed by atoms with van der Waals surface area (Å²) in [7, 11) is 1.27. The van der Waals surface area contributed by atoms with Crippen LogP contribution >= 0.6 is 11.8 Å².